The summed E-state index contributed by atoms with van der Waals surface area (Å²) in [6.45, 7) is 4.21. The topological polar surface area (TPSA) is 71.2 Å². The first kappa shape index (κ1) is 17.5. The number of sulfonamides is 1. The van der Waals surface area contributed by atoms with Crippen molar-refractivity contribution < 1.29 is 13.2 Å². The number of hydrogen-bond donors (Lipinski definition) is 2. The van der Waals surface area contributed by atoms with Gasteiger partial charge in [0.15, 0.2) is 0 Å². The Morgan fingerprint density at radius 2 is 1.88 bits per heavy atom. The molecule has 0 spiro atoms. The van der Waals surface area contributed by atoms with Gasteiger partial charge in [-0.3, -0.25) is 0 Å². The number of aryl methyl sites for hydroxylation is 2. The van der Waals surface area contributed by atoms with Crippen LogP contribution in [0.15, 0.2) is 47.5 Å². The van der Waals surface area contributed by atoms with Gasteiger partial charge in [-0.2, -0.15) is 0 Å². The summed E-state index contributed by atoms with van der Waals surface area (Å²) in [4.78, 5) is 3.50. The minimum absolute atomic E-state index is 0.302. The quantitative estimate of drug-likeness (QED) is 0.710. The second-order valence-corrected chi connectivity index (χ2v) is 7.89. The lowest BCUT2D eigenvalue weighted by molar-refractivity contribution is 0.415. The molecular weight excluding hydrogens is 336 g/mol. The minimum Gasteiger partial charge on any atom is -0.497 e. The molecule has 2 aromatic carbocycles. The fraction of sp³-hybridized carbons (Fsp3) is 0.263. The van der Waals surface area contributed by atoms with Gasteiger partial charge in [-0.1, -0.05) is 6.07 Å². The molecule has 0 atom stereocenters. The molecule has 0 saturated heterocycles. The van der Waals surface area contributed by atoms with Crippen LogP contribution in [0.3, 0.4) is 0 Å². The van der Waals surface area contributed by atoms with E-state index in [2.05, 4.69) is 9.71 Å². The fourth-order valence-electron chi connectivity index (χ4n) is 2.78. The average molecular weight is 358 g/mol. The Balaban J connectivity index is 1.73. The summed E-state index contributed by atoms with van der Waals surface area (Å²) >= 11 is 0. The van der Waals surface area contributed by atoms with Crippen LogP contribution in [0.1, 0.15) is 16.7 Å². The van der Waals surface area contributed by atoms with Crippen LogP contribution in [0.2, 0.25) is 0 Å². The van der Waals surface area contributed by atoms with Crippen molar-refractivity contribution in [2.45, 2.75) is 25.2 Å². The highest BCUT2D eigenvalue weighted by molar-refractivity contribution is 7.89. The molecule has 2 N–H and O–H groups in total. The van der Waals surface area contributed by atoms with Crippen LogP contribution in [-0.2, 0) is 16.4 Å². The molecule has 0 aliphatic rings. The van der Waals surface area contributed by atoms with E-state index in [0.29, 0.717) is 17.9 Å². The number of fused-ring (bicyclic) bond motifs is 1. The largest absolute Gasteiger partial charge is 0.497 e. The molecule has 3 rings (SSSR count). The molecule has 1 aromatic heterocycles. The molecule has 0 bridgehead atoms. The van der Waals surface area contributed by atoms with Gasteiger partial charge >= 0.3 is 0 Å². The number of H-pyrrole nitrogens is 1. The van der Waals surface area contributed by atoms with E-state index >= 15 is 0 Å². The maximum Gasteiger partial charge on any atom is 0.240 e. The van der Waals surface area contributed by atoms with Gasteiger partial charge < -0.3 is 9.72 Å². The Morgan fingerprint density at radius 1 is 1.08 bits per heavy atom. The molecule has 0 saturated carbocycles. The van der Waals surface area contributed by atoms with Crippen molar-refractivity contribution in [1.82, 2.24) is 9.71 Å². The van der Waals surface area contributed by atoms with Crippen molar-refractivity contribution >= 4 is 20.9 Å². The normalized spacial score (nSPS) is 11.8. The summed E-state index contributed by atoms with van der Waals surface area (Å²) in [5.74, 6) is 0.782. The van der Waals surface area contributed by atoms with Gasteiger partial charge in [-0.05, 0) is 67.3 Å². The van der Waals surface area contributed by atoms with Crippen LogP contribution in [0.4, 0.5) is 0 Å². The predicted molar refractivity (Wildman–Crippen MR) is 99.7 cm³/mol. The van der Waals surface area contributed by atoms with Gasteiger partial charge in [0, 0.05) is 23.6 Å². The average Bonchev–Trinajstić information content (AvgIpc) is 2.99. The zero-order valence-electron chi connectivity index (χ0n) is 14.6. The highest BCUT2D eigenvalue weighted by Crippen LogP contribution is 2.24. The van der Waals surface area contributed by atoms with E-state index in [9.17, 15) is 8.42 Å². The molecule has 0 amide bonds. The second kappa shape index (κ2) is 6.90. The highest BCUT2D eigenvalue weighted by atomic mass is 32.2. The fourth-order valence-corrected chi connectivity index (χ4v) is 3.89. The van der Waals surface area contributed by atoms with E-state index in [1.165, 1.54) is 0 Å². The Bertz CT molecular complexity index is 1010. The summed E-state index contributed by atoms with van der Waals surface area (Å²) in [5, 5.41) is 1.05. The molecule has 0 aliphatic carbocycles. The van der Waals surface area contributed by atoms with Crippen molar-refractivity contribution in [3.63, 3.8) is 0 Å². The zero-order valence-corrected chi connectivity index (χ0v) is 15.4. The van der Waals surface area contributed by atoms with E-state index in [1.807, 2.05) is 44.3 Å². The van der Waals surface area contributed by atoms with Crippen LogP contribution in [0.25, 0.3) is 10.9 Å². The van der Waals surface area contributed by atoms with Gasteiger partial charge in [-0.25, -0.2) is 13.1 Å². The number of aromatic amines is 1. The molecule has 0 radical (unpaired) electrons. The van der Waals surface area contributed by atoms with E-state index in [-0.39, 0.29) is 0 Å². The number of ether oxygens (including phenoxy) is 1. The summed E-state index contributed by atoms with van der Waals surface area (Å²) in [7, 11) is -1.87. The number of rotatable bonds is 6. The lowest BCUT2D eigenvalue weighted by atomic mass is 10.1. The number of aromatic nitrogens is 1. The number of nitrogens with one attached hydrogen (secondary N) is 2. The third-order valence-corrected chi connectivity index (χ3v) is 5.91. The first-order chi connectivity index (χ1) is 11.9. The third-order valence-electron chi connectivity index (χ3n) is 4.45. The number of benzene rings is 2. The van der Waals surface area contributed by atoms with E-state index in [4.69, 9.17) is 4.74 Å². The molecule has 5 nitrogen and oxygen atoms in total. The molecule has 132 valence electrons. The highest BCUT2D eigenvalue weighted by Gasteiger charge is 2.14. The third kappa shape index (κ3) is 3.70. The lowest BCUT2D eigenvalue weighted by Crippen LogP contribution is -2.26. The van der Waals surface area contributed by atoms with E-state index in [0.717, 1.165) is 33.3 Å². The number of hydrogen-bond acceptors (Lipinski definition) is 3. The minimum atomic E-state index is -3.50. The van der Waals surface area contributed by atoms with Crippen LogP contribution in [0, 0.1) is 13.8 Å². The van der Waals surface area contributed by atoms with Crippen molar-refractivity contribution in [3.05, 3.63) is 59.3 Å². The molecular formula is C19H22N2O3S. The van der Waals surface area contributed by atoms with Crippen LogP contribution >= 0.6 is 0 Å². The van der Waals surface area contributed by atoms with Crippen LogP contribution < -0.4 is 9.46 Å². The Kier molecular flexibility index (Phi) is 4.83. The molecule has 3 aromatic rings. The van der Waals surface area contributed by atoms with Gasteiger partial charge in [0.2, 0.25) is 10.0 Å². The molecule has 6 heteroatoms. The van der Waals surface area contributed by atoms with Crippen molar-refractivity contribution in [3.8, 4) is 5.75 Å². The van der Waals surface area contributed by atoms with Crippen LogP contribution in [-0.4, -0.2) is 27.1 Å². The first-order valence-corrected chi connectivity index (χ1v) is 9.60. The van der Waals surface area contributed by atoms with Gasteiger partial charge in [0.1, 0.15) is 5.75 Å². The Morgan fingerprint density at radius 3 is 2.60 bits per heavy atom. The van der Waals surface area contributed by atoms with Gasteiger partial charge in [0.05, 0.1) is 12.0 Å². The van der Waals surface area contributed by atoms with Crippen LogP contribution in [0.5, 0.6) is 5.75 Å². The van der Waals surface area contributed by atoms with E-state index < -0.39 is 10.0 Å². The van der Waals surface area contributed by atoms with Crippen molar-refractivity contribution in [2.75, 3.05) is 13.7 Å². The van der Waals surface area contributed by atoms with Crippen molar-refractivity contribution in [2.24, 2.45) is 0 Å². The van der Waals surface area contributed by atoms with Gasteiger partial charge in [0.25, 0.3) is 0 Å². The molecule has 0 fully saturated rings. The molecule has 25 heavy (non-hydrogen) atoms. The smallest absolute Gasteiger partial charge is 0.240 e. The first-order valence-electron chi connectivity index (χ1n) is 8.11. The van der Waals surface area contributed by atoms with Crippen molar-refractivity contribution in [1.29, 1.82) is 0 Å². The molecule has 0 aliphatic heterocycles. The monoisotopic (exact) mass is 358 g/mol. The Hall–Kier alpha value is -2.31. The lowest BCUT2D eigenvalue weighted by Gasteiger charge is -2.08. The summed E-state index contributed by atoms with van der Waals surface area (Å²) in [6.07, 6.45) is 2.51. The number of methoxy groups -OCH3 is 1. The maximum absolute atomic E-state index is 12.4. The van der Waals surface area contributed by atoms with E-state index in [1.54, 1.807) is 19.2 Å². The standard InChI is InChI=1S/C19H22N2O3S/c1-13-4-6-17(10-14(13)2)25(22,23)21-9-8-15-12-20-19-7-5-16(24-3)11-18(15)19/h4-7,10-12,20-21H,8-9H2,1-3H3. The SMILES string of the molecule is COc1ccc2[nH]cc(CCNS(=O)(=O)c3ccc(C)c(C)c3)c2c1. The predicted octanol–water partition coefficient (Wildman–Crippen LogP) is 3.31. The maximum atomic E-state index is 12.4. The van der Waals surface area contributed by atoms with Gasteiger partial charge in [-0.15, -0.1) is 0 Å². The second-order valence-electron chi connectivity index (χ2n) is 6.12. The Labute approximate surface area is 148 Å². The summed E-state index contributed by atoms with van der Waals surface area (Å²) in [6, 6.07) is 11.0. The summed E-state index contributed by atoms with van der Waals surface area (Å²) < 4.78 is 32.8. The summed E-state index contributed by atoms with van der Waals surface area (Å²) in [5.41, 5.74) is 4.10. The molecule has 0 unspecified atom stereocenters. The zero-order chi connectivity index (χ0) is 18.0. The molecule has 1 heterocycles.